The molecule has 3 heterocycles. The molecule has 1 aromatic carbocycles. The minimum Gasteiger partial charge on any atom is -0.335 e. The monoisotopic (exact) mass is 348 g/mol. The third-order valence-corrected chi connectivity index (χ3v) is 4.41. The number of benzene rings is 1. The first-order chi connectivity index (χ1) is 12.8. The highest BCUT2D eigenvalue weighted by Gasteiger charge is 2.19. The van der Waals surface area contributed by atoms with Crippen LogP contribution in [0.5, 0.6) is 0 Å². The van der Waals surface area contributed by atoms with Crippen LogP contribution in [0.4, 0.5) is 0 Å². The maximum Gasteiger partial charge on any atom is 0.274 e. The largest absolute Gasteiger partial charge is 0.335 e. The summed E-state index contributed by atoms with van der Waals surface area (Å²) in [6, 6.07) is 13.6. The van der Waals surface area contributed by atoms with Gasteiger partial charge in [0.2, 0.25) is 0 Å². The van der Waals surface area contributed by atoms with Crippen LogP contribution >= 0.6 is 0 Å². The minimum atomic E-state index is -0.0574. The van der Waals surface area contributed by atoms with Gasteiger partial charge in [-0.2, -0.15) is 5.10 Å². The van der Waals surface area contributed by atoms with Gasteiger partial charge < -0.3 is 10.2 Å². The number of aromatic nitrogens is 4. The molecule has 1 fully saturated rings. The van der Waals surface area contributed by atoms with Gasteiger partial charge in [0.15, 0.2) is 5.69 Å². The molecule has 3 aromatic rings. The molecule has 7 heteroatoms. The quantitative estimate of drug-likeness (QED) is 0.772. The topological polar surface area (TPSA) is 75.9 Å². The Labute approximate surface area is 151 Å². The molecule has 1 amide bonds. The summed E-state index contributed by atoms with van der Waals surface area (Å²) >= 11 is 0. The molecule has 1 N–H and O–H groups in total. The van der Waals surface area contributed by atoms with Crippen molar-refractivity contribution in [2.45, 2.75) is 6.54 Å². The fourth-order valence-electron chi connectivity index (χ4n) is 3.04. The molecule has 4 rings (SSSR count). The maximum atomic E-state index is 12.5. The Balaban J connectivity index is 1.50. The molecule has 0 saturated carbocycles. The number of amides is 1. The number of nitrogens with zero attached hydrogens (tertiary/aromatic N) is 5. The number of piperazine rings is 1. The minimum absolute atomic E-state index is 0.0574. The number of carbonyl (C=O) groups excluding carboxylic acids is 1. The van der Waals surface area contributed by atoms with Crippen LogP contribution in [-0.4, -0.2) is 57.0 Å². The summed E-state index contributed by atoms with van der Waals surface area (Å²) in [7, 11) is 0. The van der Waals surface area contributed by atoms with E-state index in [2.05, 4.69) is 32.7 Å². The highest BCUT2D eigenvalue weighted by Crippen LogP contribution is 2.18. The van der Waals surface area contributed by atoms with E-state index >= 15 is 0 Å². The standard InChI is InChI=1S/C19H20N6O/c26-19(24-11-8-20-9-12-24)18-6-5-17(22-23-18)16-4-1-3-15(13-16)14-25-10-2-7-21-25/h1-7,10,13,20H,8-9,11-12,14H2. The number of carbonyl (C=O) groups is 1. The fraction of sp³-hybridized carbons (Fsp3) is 0.263. The van der Waals surface area contributed by atoms with Gasteiger partial charge in [-0.05, 0) is 29.8 Å². The van der Waals surface area contributed by atoms with Crippen molar-refractivity contribution >= 4 is 5.91 Å². The van der Waals surface area contributed by atoms with E-state index in [0.29, 0.717) is 25.3 Å². The maximum absolute atomic E-state index is 12.5. The number of hydrogen-bond acceptors (Lipinski definition) is 5. The van der Waals surface area contributed by atoms with E-state index in [-0.39, 0.29) is 5.91 Å². The Hall–Kier alpha value is -3.06. The van der Waals surface area contributed by atoms with Gasteiger partial charge in [0.05, 0.1) is 12.2 Å². The van der Waals surface area contributed by atoms with Crippen molar-refractivity contribution in [1.82, 2.24) is 30.2 Å². The molecule has 0 radical (unpaired) electrons. The second-order valence-corrected chi connectivity index (χ2v) is 6.25. The van der Waals surface area contributed by atoms with E-state index in [1.807, 2.05) is 40.0 Å². The Morgan fingerprint density at radius 2 is 1.96 bits per heavy atom. The average Bonchev–Trinajstić information content (AvgIpc) is 3.21. The molecule has 1 aliphatic rings. The molecule has 26 heavy (non-hydrogen) atoms. The van der Waals surface area contributed by atoms with Crippen LogP contribution in [0, 0.1) is 0 Å². The average molecular weight is 348 g/mol. The smallest absolute Gasteiger partial charge is 0.274 e. The van der Waals surface area contributed by atoms with Gasteiger partial charge in [-0.25, -0.2) is 0 Å². The number of hydrogen-bond donors (Lipinski definition) is 1. The van der Waals surface area contributed by atoms with Crippen molar-refractivity contribution in [1.29, 1.82) is 0 Å². The predicted octanol–water partition coefficient (Wildman–Crippen LogP) is 1.43. The lowest BCUT2D eigenvalue weighted by Gasteiger charge is -2.26. The molecular weight excluding hydrogens is 328 g/mol. The molecule has 0 unspecified atom stereocenters. The Bertz CT molecular complexity index is 869. The molecule has 132 valence electrons. The molecule has 0 bridgehead atoms. The van der Waals surface area contributed by atoms with E-state index in [1.165, 1.54) is 0 Å². The molecule has 7 nitrogen and oxygen atoms in total. The van der Waals surface area contributed by atoms with Gasteiger partial charge in [0.1, 0.15) is 0 Å². The Morgan fingerprint density at radius 1 is 1.08 bits per heavy atom. The van der Waals surface area contributed by atoms with Crippen molar-refractivity contribution in [3.05, 3.63) is 66.1 Å². The summed E-state index contributed by atoms with van der Waals surface area (Å²) in [4.78, 5) is 14.3. The summed E-state index contributed by atoms with van der Waals surface area (Å²) in [5.41, 5.74) is 3.25. The highest BCUT2D eigenvalue weighted by atomic mass is 16.2. The zero-order valence-electron chi connectivity index (χ0n) is 14.4. The molecule has 0 spiro atoms. The van der Waals surface area contributed by atoms with Crippen molar-refractivity contribution in [3.8, 4) is 11.3 Å². The van der Waals surface area contributed by atoms with Gasteiger partial charge in [-0.1, -0.05) is 18.2 Å². The SMILES string of the molecule is O=C(c1ccc(-c2cccc(Cn3cccn3)c2)nn1)N1CCNCC1. The summed E-state index contributed by atoms with van der Waals surface area (Å²) in [6.07, 6.45) is 3.70. The lowest BCUT2D eigenvalue weighted by Crippen LogP contribution is -2.46. The molecule has 0 aliphatic carbocycles. The summed E-state index contributed by atoms with van der Waals surface area (Å²) in [5, 5.41) is 15.9. The van der Waals surface area contributed by atoms with Gasteiger partial charge in [0, 0.05) is 44.1 Å². The van der Waals surface area contributed by atoms with Gasteiger partial charge in [-0.3, -0.25) is 9.48 Å². The van der Waals surface area contributed by atoms with E-state index in [9.17, 15) is 4.79 Å². The summed E-state index contributed by atoms with van der Waals surface area (Å²) in [5.74, 6) is -0.0574. The first-order valence-electron chi connectivity index (χ1n) is 8.70. The van der Waals surface area contributed by atoms with Crippen LogP contribution in [0.1, 0.15) is 16.1 Å². The number of nitrogens with one attached hydrogen (secondary N) is 1. The Morgan fingerprint density at radius 3 is 2.69 bits per heavy atom. The van der Waals surface area contributed by atoms with E-state index in [4.69, 9.17) is 0 Å². The third-order valence-electron chi connectivity index (χ3n) is 4.41. The Kier molecular flexibility index (Phi) is 4.70. The van der Waals surface area contributed by atoms with Gasteiger partial charge in [-0.15, -0.1) is 10.2 Å². The molecule has 1 saturated heterocycles. The van der Waals surface area contributed by atoms with Gasteiger partial charge >= 0.3 is 0 Å². The predicted molar refractivity (Wildman–Crippen MR) is 97.6 cm³/mol. The molecule has 1 aliphatic heterocycles. The normalized spacial score (nSPS) is 14.4. The second-order valence-electron chi connectivity index (χ2n) is 6.25. The van der Waals surface area contributed by atoms with Crippen molar-refractivity contribution < 1.29 is 4.79 Å². The van der Waals surface area contributed by atoms with E-state index < -0.39 is 0 Å². The highest BCUT2D eigenvalue weighted by molar-refractivity contribution is 5.92. The zero-order valence-corrected chi connectivity index (χ0v) is 14.4. The van der Waals surface area contributed by atoms with Crippen molar-refractivity contribution in [3.63, 3.8) is 0 Å². The molecule has 0 atom stereocenters. The van der Waals surface area contributed by atoms with Gasteiger partial charge in [0.25, 0.3) is 5.91 Å². The van der Waals surface area contributed by atoms with Crippen LogP contribution < -0.4 is 5.32 Å². The number of rotatable bonds is 4. The fourth-order valence-corrected chi connectivity index (χ4v) is 3.04. The molecule has 2 aromatic heterocycles. The lowest BCUT2D eigenvalue weighted by atomic mass is 10.1. The summed E-state index contributed by atoms with van der Waals surface area (Å²) in [6.45, 7) is 3.75. The van der Waals surface area contributed by atoms with Crippen LogP contribution in [0.3, 0.4) is 0 Å². The first-order valence-corrected chi connectivity index (χ1v) is 8.70. The van der Waals surface area contributed by atoms with E-state index in [0.717, 1.165) is 29.9 Å². The van der Waals surface area contributed by atoms with Crippen LogP contribution in [0.2, 0.25) is 0 Å². The van der Waals surface area contributed by atoms with Crippen LogP contribution in [0.15, 0.2) is 54.9 Å². The third kappa shape index (κ3) is 3.62. The van der Waals surface area contributed by atoms with Crippen molar-refractivity contribution in [2.75, 3.05) is 26.2 Å². The molecular formula is C19H20N6O. The second kappa shape index (κ2) is 7.45. The summed E-state index contributed by atoms with van der Waals surface area (Å²) < 4.78 is 1.88. The van der Waals surface area contributed by atoms with E-state index in [1.54, 1.807) is 12.3 Å². The first kappa shape index (κ1) is 16.4. The van der Waals surface area contributed by atoms with Crippen molar-refractivity contribution in [2.24, 2.45) is 0 Å². The van der Waals surface area contributed by atoms with Crippen LogP contribution in [-0.2, 0) is 6.54 Å². The zero-order chi connectivity index (χ0) is 17.8. The lowest BCUT2D eigenvalue weighted by molar-refractivity contribution is 0.0728. The van der Waals surface area contributed by atoms with Crippen LogP contribution in [0.25, 0.3) is 11.3 Å².